The van der Waals surface area contributed by atoms with E-state index in [0.29, 0.717) is 19.5 Å². The van der Waals surface area contributed by atoms with Crippen LogP contribution >= 0.6 is 11.8 Å². The zero-order valence-corrected chi connectivity index (χ0v) is 23.9. The Balaban J connectivity index is 2.18. The Hall–Kier alpha value is -1.80. The highest BCUT2D eigenvalue weighted by Gasteiger charge is 2.77. The number of amides is 3. The van der Waals surface area contributed by atoms with E-state index in [-0.39, 0.29) is 41.4 Å². The molecule has 7 atom stereocenters. The highest BCUT2D eigenvalue weighted by atomic mass is 32.2. The molecule has 3 rings (SSSR count). The smallest absolute Gasteiger partial charge is 0.247 e. The fourth-order valence-electron chi connectivity index (χ4n) is 6.74. The average Bonchev–Trinajstić information content (AvgIpc) is 3.38. The number of rotatable bonds is 10. The van der Waals surface area contributed by atoms with E-state index in [1.807, 2.05) is 20.8 Å². The molecular formula is C28H45N3O4S. The van der Waals surface area contributed by atoms with Crippen LogP contribution in [0.3, 0.4) is 0 Å². The number of aliphatic hydroxyl groups is 1. The molecule has 0 aromatic heterocycles. The number of carbonyl (C=O) groups is 3. The highest BCUT2D eigenvalue weighted by Crippen LogP contribution is 2.69. The first-order chi connectivity index (χ1) is 16.8. The molecule has 1 spiro atoms. The van der Waals surface area contributed by atoms with Gasteiger partial charge in [-0.1, -0.05) is 32.9 Å². The third kappa shape index (κ3) is 4.53. The Labute approximate surface area is 221 Å². The second kappa shape index (κ2) is 10.5. The van der Waals surface area contributed by atoms with E-state index >= 15 is 0 Å². The summed E-state index contributed by atoms with van der Waals surface area (Å²) in [7, 11) is 1.75. The van der Waals surface area contributed by atoms with Gasteiger partial charge in [0.15, 0.2) is 0 Å². The first-order valence-corrected chi connectivity index (χ1v) is 14.0. The summed E-state index contributed by atoms with van der Waals surface area (Å²) < 4.78 is -0.705. The second-order valence-corrected chi connectivity index (χ2v) is 13.7. The molecule has 3 aliphatic heterocycles. The number of thioether (sulfide) groups is 1. The van der Waals surface area contributed by atoms with E-state index in [0.717, 1.165) is 6.42 Å². The van der Waals surface area contributed by atoms with E-state index in [1.54, 1.807) is 45.7 Å². The van der Waals surface area contributed by atoms with Crippen LogP contribution in [0.5, 0.6) is 0 Å². The summed E-state index contributed by atoms with van der Waals surface area (Å²) in [5, 5.41) is 10.4. The molecule has 1 N–H and O–H groups in total. The maximum Gasteiger partial charge on any atom is 0.247 e. The van der Waals surface area contributed by atoms with Crippen LogP contribution in [0, 0.1) is 23.7 Å². The van der Waals surface area contributed by atoms with Crippen molar-refractivity contribution in [2.24, 2.45) is 23.7 Å². The Morgan fingerprint density at radius 3 is 2.33 bits per heavy atom. The molecule has 3 heterocycles. The van der Waals surface area contributed by atoms with Crippen LogP contribution < -0.4 is 0 Å². The first kappa shape index (κ1) is 28.8. The minimum Gasteiger partial charge on any atom is -0.394 e. The van der Waals surface area contributed by atoms with Crippen molar-refractivity contribution in [2.45, 2.75) is 82.0 Å². The molecule has 0 aromatic carbocycles. The Bertz CT molecular complexity index is 900. The third-order valence-corrected chi connectivity index (χ3v) is 10.3. The molecule has 2 bridgehead atoms. The molecule has 7 nitrogen and oxygen atoms in total. The predicted molar refractivity (Wildman–Crippen MR) is 145 cm³/mol. The zero-order chi connectivity index (χ0) is 27.2. The van der Waals surface area contributed by atoms with Crippen LogP contribution in [0.4, 0.5) is 0 Å². The van der Waals surface area contributed by atoms with Crippen molar-refractivity contribution in [3.05, 3.63) is 25.3 Å². The second-order valence-electron chi connectivity index (χ2n) is 12.2. The molecule has 36 heavy (non-hydrogen) atoms. The summed E-state index contributed by atoms with van der Waals surface area (Å²) in [4.78, 5) is 47.6. The largest absolute Gasteiger partial charge is 0.394 e. The molecule has 3 amide bonds. The first-order valence-electron chi connectivity index (χ1n) is 13.2. The lowest BCUT2D eigenvalue weighted by atomic mass is 9.65. The molecule has 0 aromatic rings. The number of hydrogen-bond donors (Lipinski definition) is 1. The summed E-state index contributed by atoms with van der Waals surface area (Å²) in [6.45, 7) is 20.4. The van der Waals surface area contributed by atoms with E-state index in [4.69, 9.17) is 0 Å². The number of likely N-dealkylation sites (N-methyl/N-ethyl adjacent to an activating group) is 1. The average molecular weight is 520 g/mol. The van der Waals surface area contributed by atoms with Gasteiger partial charge in [0, 0.05) is 30.9 Å². The van der Waals surface area contributed by atoms with Crippen molar-refractivity contribution in [3.63, 3.8) is 0 Å². The molecule has 3 fully saturated rings. The standard InChI is InChI=1S/C28H45N3O4S/c1-10-12-29(9)24(33)21-20-15-18(5)28(36-20)22(21)25(34)31(19(16-32)14-17(3)4)23(28)26(35)30(13-11-2)27(6,7)8/h10-11,17-23,32H,1-2,12-16H2,3-9H3/t18?,19-,20+,21-,22+,23?,28?/m1/s1. The summed E-state index contributed by atoms with van der Waals surface area (Å²) in [6.07, 6.45) is 4.78. The number of likely N-dealkylation sites (tertiary alicyclic amines) is 1. The monoisotopic (exact) mass is 519 g/mol. The summed E-state index contributed by atoms with van der Waals surface area (Å²) in [5.74, 6) is -1.09. The third-order valence-electron chi connectivity index (χ3n) is 8.22. The molecule has 3 aliphatic rings. The van der Waals surface area contributed by atoms with Gasteiger partial charge in [-0.2, -0.15) is 0 Å². The quantitative estimate of drug-likeness (QED) is 0.449. The predicted octanol–water partition coefficient (Wildman–Crippen LogP) is 3.19. The minimum atomic E-state index is -0.738. The van der Waals surface area contributed by atoms with Gasteiger partial charge in [-0.05, 0) is 45.4 Å². The van der Waals surface area contributed by atoms with Gasteiger partial charge in [0.25, 0.3) is 0 Å². The summed E-state index contributed by atoms with van der Waals surface area (Å²) in [5.41, 5.74) is -0.481. The lowest BCUT2D eigenvalue weighted by molar-refractivity contribution is -0.149. The molecule has 8 heteroatoms. The lowest BCUT2D eigenvalue weighted by Crippen LogP contribution is -2.62. The van der Waals surface area contributed by atoms with Gasteiger partial charge in [0.1, 0.15) is 6.04 Å². The van der Waals surface area contributed by atoms with Crippen LogP contribution in [0.2, 0.25) is 0 Å². The van der Waals surface area contributed by atoms with Crippen LogP contribution in [-0.2, 0) is 14.4 Å². The Morgan fingerprint density at radius 2 is 1.83 bits per heavy atom. The van der Waals surface area contributed by atoms with Crippen molar-refractivity contribution in [2.75, 3.05) is 26.7 Å². The van der Waals surface area contributed by atoms with Gasteiger partial charge in [-0.3, -0.25) is 14.4 Å². The number of aliphatic hydroxyl groups excluding tert-OH is 1. The summed E-state index contributed by atoms with van der Waals surface area (Å²) in [6, 6.07) is -1.22. The SMILES string of the molecule is C=CCN(C)C(=O)[C@@H]1[C@@H]2CC(C)C3(S2)C(C(=O)N(CC=C)C(C)(C)C)N([C@@H](CO)CC(C)C)C(=O)[C@H]13. The zero-order valence-electron chi connectivity index (χ0n) is 23.1. The van der Waals surface area contributed by atoms with E-state index in [9.17, 15) is 19.5 Å². The van der Waals surface area contributed by atoms with Crippen molar-refractivity contribution < 1.29 is 19.5 Å². The van der Waals surface area contributed by atoms with E-state index < -0.39 is 34.2 Å². The number of nitrogens with zero attached hydrogens (tertiary/aromatic N) is 3. The normalized spacial score (nSPS) is 32.0. The molecule has 0 saturated carbocycles. The van der Waals surface area contributed by atoms with Crippen LogP contribution in [-0.4, -0.2) is 91.9 Å². The maximum absolute atomic E-state index is 14.5. The minimum absolute atomic E-state index is 0.00803. The number of hydrogen-bond acceptors (Lipinski definition) is 5. The fourth-order valence-corrected chi connectivity index (χ4v) is 9.14. The van der Waals surface area contributed by atoms with Crippen LogP contribution in [0.25, 0.3) is 0 Å². The van der Waals surface area contributed by atoms with Crippen molar-refractivity contribution >= 4 is 29.5 Å². The van der Waals surface area contributed by atoms with Gasteiger partial charge >= 0.3 is 0 Å². The molecule has 0 aliphatic carbocycles. The van der Waals surface area contributed by atoms with Gasteiger partial charge in [0.05, 0.1) is 29.2 Å². The van der Waals surface area contributed by atoms with Crippen molar-refractivity contribution in [1.82, 2.24) is 14.7 Å². The number of fused-ring (bicyclic) bond motifs is 1. The van der Waals surface area contributed by atoms with Gasteiger partial charge in [0.2, 0.25) is 17.7 Å². The van der Waals surface area contributed by atoms with Gasteiger partial charge in [-0.25, -0.2) is 0 Å². The lowest BCUT2D eigenvalue weighted by Gasteiger charge is -2.45. The van der Waals surface area contributed by atoms with E-state index in [2.05, 4.69) is 33.9 Å². The fraction of sp³-hybridized carbons (Fsp3) is 0.750. The topological polar surface area (TPSA) is 81.2 Å². The maximum atomic E-state index is 14.5. The van der Waals surface area contributed by atoms with Crippen LogP contribution in [0.1, 0.15) is 54.4 Å². The number of carbonyl (C=O) groups excluding carboxylic acids is 3. The molecule has 202 valence electrons. The Morgan fingerprint density at radius 1 is 1.22 bits per heavy atom. The van der Waals surface area contributed by atoms with Gasteiger partial charge < -0.3 is 19.8 Å². The van der Waals surface area contributed by atoms with Crippen LogP contribution in [0.15, 0.2) is 25.3 Å². The highest BCUT2D eigenvalue weighted by molar-refractivity contribution is 8.02. The molecule has 0 radical (unpaired) electrons. The van der Waals surface area contributed by atoms with Gasteiger partial charge in [-0.15, -0.1) is 24.9 Å². The van der Waals surface area contributed by atoms with E-state index in [1.165, 1.54) is 0 Å². The van der Waals surface area contributed by atoms with Crippen molar-refractivity contribution in [3.8, 4) is 0 Å². The molecular weight excluding hydrogens is 474 g/mol. The Kier molecular flexibility index (Phi) is 8.41. The molecule has 3 unspecified atom stereocenters. The van der Waals surface area contributed by atoms with Crippen molar-refractivity contribution in [1.29, 1.82) is 0 Å². The summed E-state index contributed by atoms with van der Waals surface area (Å²) >= 11 is 1.68. The molecule has 3 saturated heterocycles.